The number of pyridine rings is 1. The van der Waals surface area contributed by atoms with Crippen molar-refractivity contribution >= 4 is 11.9 Å². The molecule has 0 unspecified atom stereocenters. The summed E-state index contributed by atoms with van der Waals surface area (Å²) in [7, 11) is 0. The second-order valence-corrected chi connectivity index (χ2v) is 2.54. The third-order valence-electron chi connectivity index (χ3n) is 1.52. The molecule has 0 aromatic carbocycles. The summed E-state index contributed by atoms with van der Waals surface area (Å²) in [5.74, 6) is -1.32. The number of amides is 1. The molecule has 2 aromatic heterocycles. The molecule has 8 heteroatoms. The molecule has 0 saturated carbocycles. The Morgan fingerprint density at radius 3 is 3.00 bits per heavy atom. The quantitative estimate of drug-likeness (QED) is 0.676. The minimum atomic E-state index is -0.726. The summed E-state index contributed by atoms with van der Waals surface area (Å²) >= 11 is 0. The number of hydrogen-bond acceptors (Lipinski definition) is 5. The van der Waals surface area contributed by atoms with E-state index in [9.17, 15) is 9.18 Å². The van der Waals surface area contributed by atoms with Crippen molar-refractivity contribution in [1.82, 2.24) is 25.6 Å². The molecular weight excluding hydrogens is 203 g/mol. The van der Waals surface area contributed by atoms with Gasteiger partial charge in [-0.05, 0) is 17.3 Å². The summed E-state index contributed by atoms with van der Waals surface area (Å²) in [4.78, 5) is 14.8. The summed E-state index contributed by atoms with van der Waals surface area (Å²) in [6.45, 7) is 0. The predicted molar refractivity (Wildman–Crippen MR) is 46.3 cm³/mol. The summed E-state index contributed by atoms with van der Waals surface area (Å²) in [5, 5.41) is 14.7. The van der Waals surface area contributed by atoms with E-state index in [-0.39, 0.29) is 11.6 Å². The van der Waals surface area contributed by atoms with Gasteiger partial charge < -0.3 is 0 Å². The number of rotatable bonds is 2. The van der Waals surface area contributed by atoms with E-state index in [0.717, 1.165) is 6.07 Å². The molecule has 0 bridgehead atoms. The monoisotopic (exact) mass is 208 g/mol. The van der Waals surface area contributed by atoms with Crippen molar-refractivity contribution in [1.29, 1.82) is 0 Å². The van der Waals surface area contributed by atoms with Gasteiger partial charge >= 0.3 is 0 Å². The molecule has 0 fully saturated rings. The van der Waals surface area contributed by atoms with E-state index in [4.69, 9.17) is 0 Å². The number of hydrogen-bond donors (Lipinski definition) is 2. The van der Waals surface area contributed by atoms with Gasteiger partial charge in [-0.3, -0.25) is 10.1 Å². The van der Waals surface area contributed by atoms with E-state index in [0.29, 0.717) is 0 Å². The first kappa shape index (κ1) is 9.19. The van der Waals surface area contributed by atoms with Crippen LogP contribution in [0.1, 0.15) is 10.5 Å². The van der Waals surface area contributed by atoms with Gasteiger partial charge in [0.25, 0.3) is 11.9 Å². The predicted octanol–water partition coefficient (Wildman–Crippen LogP) is -0.0139. The lowest BCUT2D eigenvalue weighted by molar-refractivity contribution is 0.102. The molecule has 0 atom stereocenters. The zero-order chi connectivity index (χ0) is 10.7. The lowest BCUT2D eigenvalue weighted by atomic mass is 10.3. The van der Waals surface area contributed by atoms with E-state index in [1.54, 1.807) is 0 Å². The van der Waals surface area contributed by atoms with Crippen LogP contribution in [0.25, 0.3) is 0 Å². The third-order valence-corrected chi connectivity index (χ3v) is 1.52. The Kier molecular flexibility index (Phi) is 2.31. The van der Waals surface area contributed by atoms with Crippen molar-refractivity contribution in [3.8, 4) is 0 Å². The molecule has 0 aliphatic carbocycles. The Morgan fingerprint density at radius 2 is 2.33 bits per heavy atom. The number of anilines is 1. The van der Waals surface area contributed by atoms with Crippen molar-refractivity contribution in [3.63, 3.8) is 0 Å². The SMILES string of the molecule is O=C(Nc1nn[nH]n1)c1cccc(F)n1. The van der Waals surface area contributed by atoms with Gasteiger partial charge in [0, 0.05) is 0 Å². The van der Waals surface area contributed by atoms with Crippen LogP contribution in [0.3, 0.4) is 0 Å². The van der Waals surface area contributed by atoms with Crippen molar-refractivity contribution in [3.05, 3.63) is 29.8 Å². The van der Waals surface area contributed by atoms with Gasteiger partial charge in [0.1, 0.15) is 5.69 Å². The lowest BCUT2D eigenvalue weighted by Crippen LogP contribution is -2.15. The maximum Gasteiger partial charge on any atom is 0.276 e. The number of carbonyl (C=O) groups excluding carboxylic acids is 1. The van der Waals surface area contributed by atoms with Crippen LogP contribution in [0.2, 0.25) is 0 Å². The zero-order valence-corrected chi connectivity index (χ0v) is 7.31. The van der Waals surface area contributed by atoms with Gasteiger partial charge in [-0.25, -0.2) is 4.98 Å². The minimum absolute atomic E-state index is 0.00561. The summed E-state index contributed by atoms with van der Waals surface area (Å²) in [5.41, 5.74) is -0.0557. The first-order valence-corrected chi connectivity index (χ1v) is 3.93. The van der Waals surface area contributed by atoms with Crippen molar-refractivity contribution < 1.29 is 9.18 Å². The van der Waals surface area contributed by atoms with Crippen LogP contribution < -0.4 is 5.32 Å². The van der Waals surface area contributed by atoms with Crippen LogP contribution >= 0.6 is 0 Å². The lowest BCUT2D eigenvalue weighted by Gasteiger charge is -1.98. The summed E-state index contributed by atoms with van der Waals surface area (Å²) in [6.07, 6.45) is 0. The van der Waals surface area contributed by atoms with E-state index < -0.39 is 11.9 Å². The van der Waals surface area contributed by atoms with Crippen molar-refractivity contribution in [2.75, 3.05) is 5.32 Å². The van der Waals surface area contributed by atoms with Crippen molar-refractivity contribution in [2.45, 2.75) is 0 Å². The van der Waals surface area contributed by atoms with Crippen LogP contribution in [0.15, 0.2) is 18.2 Å². The normalized spacial score (nSPS) is 9.93. The Morgan fingerprint density at radius 1 is 1.47 bits per heavy atom. The minimum Gasteiger partial charge on any atom is -0.286 e. The largest absolute Gasteiger partial charge is 0.286 e. The number of nitrogens with one attached hydrogen (secondary N) is 2. The number of halogens is 1. The summed E-state index contributed by atoms with van der Waals surface area (Å²) in [6, 6.07) is 3.90. The second kappa shape index (κ2) is 3.78. The number of carbonyl (C=O) groups is 1. The van der Waals surface area contributed by atoms with E-state index >= 15 is 0 Å². The van der Waals surface area contributed by atoms with Crippen LogP contribution in [-0.4, -0.2) is 31.5 Å². The highest BCUT2D eigenvalue weighted by molar-refractivity contribution is 6.01. The fraction of sp³-hybridized carbons (Fsp3) is 0. The molecule has 1 amide bonds. The van der Waals surface area contributed by atoms with Gasteiger partial charge in [-0.2, -0.15) is 9.60 Å². The number of H-pyrrole nitrogens is 1. The van der Waals surface area contributed by atoms with Crippen LogP contribution in [0, 0.1) is 5.95 Å². The Balaban J connectivity index is 2.15. The van der Waals surface area contributed by atoms with Gasteiger partial charge in [0.05, 0.1) is 0 Å². The van der Waals surface area contributed by atoms with Crippen molar-refractivity contribution in [2.24, 2.45) is 0 Å². The topological polar surface area (TPSA) is 96.5 Å². The molecule has 2 N–H and O–H groups in total. The third kappa shape index (κ3) is 2.10. The molecule has 2 heterocycles. The zero-order valence-electron chi connectivity index (χ0n) is 7.31. The number of tetrazole rings is 1. The highest BCUT2D eigenvalue weighted by Crippen LogP contribution is 2.00. The number of aromatic amines is 1. The molecule has 0 aliphatic rings. The summed E-state index contributed by atoms with van der Waals surface area (Å²) < 4.78 is 12.7. The van der Waals surface area contributed by atoms with Gasteiger partial charge in [0.2, 0.25) is 5.95 Å². The van der Waals surface area contributed by atoms with Gasteiger partial charge in [0.15, 0.2) is 0 Å². The number of aromatic nitrogens is 5. The Bertz CT molecular complexity index is 470. The van der Waals surface area contributed by atoms with Crippen LogP contribution in [0.4, 0.5) is 10.3 Å². The average molecular weight is 208 g/mol. The fourth-order valence-electron chi connectivity index (χ4n) is 0.915. The Hall–Kier alpha value is -2.38. The molecule has 0 spiro atoms. The molecule has 2 aromatic rings. The van der Waals surface area contributed by atoms with Gasteiger partial charge in [-0.1, -0.05) is 11.2 Å². The second-order valence-electron chi connectivity index (χ2n) is 2.54. The van der Waals surface area contributed by atoms with E-state index in [1.807, 2.05) is 0 Å². The number of nitrogens with zero attached hydrogens (tertiary/aromatic N) is 4. The van der Waals surface area contributed by atoms with Crippen LogP contribution in [0.5, 0.6) is 0 Å². The fourth-order valence-corrected chi connectivity index (χ4v) is 0.915. The maximum absolute atomic E-state index is 12.7. The molecule has 2 rings (SSSR count). The standard InChI is InChI=1S/C7H5FN6O/c8-5-3-1-2-4(9-5)6(15)10-7-11-13-14-12-7/h1-3H,(H2,10,11,12,13,14,15). The molecule has 0 radical (unpaired) electrons. The smallest absolute Gasteiger partial charge is 0.276 e. The molecule has 15 heavy (non-hydrogen) atoms. The van der Waals surface area contributed by atoms with Crippen LogP contribution in [-0.2, 0) is 0 Å². The average Bonchev–Trinajstić information content (AvgIpc) is 2.70. The van der Waals surface area contributed by atoms with Gasteiger partial charge in [-0.15, -0.1) is 5.10 Å². The molecule has 0 aliphatic heterocycles. The molecule has 0 saturated heterocycles. The molecule has 7 nitrogen and oxygen atoms in total. The first-order chi connectivity index (χ1) is 7.25. The highest BCUT2D eigenvalue weighted by atomic mass is 19.1. The van der Waals surface area contributed by atoms with E-state index in [2.05, 4.69) is 30.9 Å². The highest BCUT2D eigenvalue weighted by Gasteiger charge is 2.10. The molecule has 76 valence electrons. The Labute approximate surface area is 82.7 Å². The molecular formula is C7H5FN6O. The van der Waals surface area contributed by atoms with E-state index in [1.165, 1.54) is 12.1 Å². The maximum atomic E-state index is 12.7. The first-order valence-electron chi connectivity index (χ1n) is 3.93.